The summed E-state index contributed by atoms with van der Waals surface area (Å²) in [6.07, 6.45) is 20.4. The highest BCUT2D eigenvalue weighted by Crippen LogP contribution is 2.28. The highest BCUT2D eigenvalue weighted by molar-refractivity contribution is 6.18. The van der Waals surface area contributed by atoms with Crippen molar-refractivity contribution < 1.29 is 0 Å². The van der Waals surface area contributed by atoms with E-state index in [1.165, 1.54) is 57.8 Å². The number of hydrogen-bond acceptors (Lipinski definition) is 3. The van der Waals surface area contributed by atoms with Gasteiger partial charge in [0.25, 0.3) is 0 Å². The highest BCUT2D eigenvalue weighted by Gasteiger charge is 2.25. The van der Waals surface area contributed by atoms with Crippen LogP contribution < -0.4 is 5.32 Å². The van der Waals surface area contributed by atoms with Gasteiger partial charge in [-0.3, -0.25) is 9.98 Å². The Kier molecular flexibility index (Phi) is 7.03. The van der Waals surface area contributed by atoms with E-state index < -0.39 is 0 Å². The third-order valence-corrected chi connectivity index (χ3v) is 6.11. The lowest BCUT2D eigenvalue weighted by Gasteiger charge is -2.34. The summed E-state index contributed by atoms with van der Waals surface area (Å²) in [7, 11) is 0. The topological polar surface area (TPSA) is 36.8 Å². The van der Waals surface area contributed by atoms with E-state index in [4.69, 9.17) is 4.99 Å². The van der Waals surface area contributed by atoms with Gasteiger partial charge in [-0.25, -0.2) is 0 Å². The zero-order valence-corrected chi connectivity index (χ0v) is 16.1. The fourth-order valence-corrected chi connectivity index (χ4v) is 4.48. The summed E-state index contributed by atoms with van der Waals surface area (Å²) in [5.41, 5.74) is 2.18. The van der Waals surface area contributed by atoms with Crippen LogP contribution in [0.2, 0.25) is 0 Å². The Balaban J connectivity index is 1.41. The van der Waals surface area contributed by atoms with E-state index in [9.17, 15) is 0 Å². The van der Waals surface area contributed by atoms with Gasteiger partial charge in [0, 0.05) is 18.6 Å². The summed E-state index contributed by atoms with van der Waals surface area (Å²) in [6, 6.07) is 2.00. The van der Waals surface area contributed by atoms with Crippen molar-refractivity contribution in [1.29, 1.82) is 0 Å². The van der Waals surface area contributed by atoms with Gasteiger partial charge in [-0.05, 0) is 88.5 Å². The second-order valence-electron chi connectivity index (χ2n) is 7.92. The predicted molar refractivity (Wildman–Crippen MR) is 109 cm³/mol. The van der Waals surface area contributed by atoms with Crippen molar-refractivity contribution in [3.63, 3.8) is 0 Å². The molecule has 0 amide bonds. The van der Waals surface area contributed by atoms with Crippen LogP contribution in [0.5, 0.6) is 0 Å². The van der Waals surface area contributed by atoms with E-state index >= 15 is 0 Å². The minimum atomic E-state index is 0.503. The van der Waals surface area contributed by atoms with Gasteiger partial charge in [-0.1, -0.05) is 13.3 Å². The van der Waals surface area contributed by atoms with E-state index in [0.717, 1.165) is 36.0 Å². The molecule has 0 saturated heterocycles. The average molecular weight is 342 g/mol. The van der Waals surface area contributed by atoms with E-state index in [1.807, 2.05) is 0 Å². The molecule has 1 N–H and O–H groups in total. The molecule has 3 heteroatoms. The molecular weight excluding hydrogens is 306 g/mol. The predicted octanol–water partition coefficient (Wildman–Crippen LogP) is 4.88. The lowest BCUT2D eigenvalue weighted by atomic mass is 9.83. The molecule has 0 aliphatic heterocycles. The van der Waals surface area contributed by atoms with Gasteiger partial charge < -0.3 is 5.32 Å². The van der Waals surface area contributed by atoms with Crippen molar-refractivity contribution in [2.75, 3.05) is 6.54 Å². The Morgan fingerprint density at radius 1 is 0.800 bits per heavy atom. The van der Waals surface area contributed by atoms with Crippen LogP contribution in [-0.4, -0.2) is 36.1 Å². The summed E-state index contributed by atoms with van der Waals surface area (Å²) < 4.78 is 0. The quantitative estimate of drug-likeness (QED) is 0.711. The molecule has 3 rings (SSSR count). The van der Waals surface area contributed by atoms with Gasteiger partial charge in [0.05, 0.1) is 17.5 Å². The zero-order chi connectivity index (χ0) is 17.5. The molecule has 3 aliphatic rings. The van der Waals surface area contributed by atoms with Crippen LogP contribution in [0.1, 0.15) is 71.6 Å². The Morgan fingerprint density at radius 2 is 1.36 bits per heavy atom. The second kappa shape index (κ2) is 9.47. The van der Waals surface area contributed by atoms with Crippen LogP contribution in [-0.2, 0) is 0 Å². The normalized spacial score (nSPS) is 32.7. The smallest absolute Gasteiger partial charge is 0.0579 e. The molecule has 138 valence electrons. The Hall–Kier alpha value is -1.22. The number of aliphatic imine (C=N–C) groups is 2. The minimum Gasteiger partial charge on any atom is -0.311 e. The van der Waals surface area contributed by atoms with Gasteiger partial charge in [-0.2, -0.15) is 0 Å². The summed E-state index contributed by atoms with van der Waals surface area (Å²) >= 11 is 0. The molecule has 2 fully saturated rings. The second-order valence-corrected chi connectivity index (χ2v) is 7.92. The van der Waals surface area contributed by atoms with Gasteiger partial charge in [0.2, 0.25) is 0 Å². The number of rotatable bonds is 5. The molecule has 0 aromatic carbocycles. The number of nitrogens with one attached hydrogen (secondary N) is 1. The zero-order valence-electron chi connectivity index (χ0n) is 16.1. The van der Waals surface area contributed by atoms with Crippen molar-refractivity contribution in [3.8, 4) is 0 Å². The van der Waals surface area contributed by atoms with E-state index in [2.05, 4.69) is 48.5 Å². The summed E-state index contributed by atoms with van der Waals surface area (Å²) in [5, 5.41) is 3.95. The molecule has 3 aliphatic carbocycles. The van der Waals surface area contributed by atoms with Crippen molar-refractivity contribution in [2.45, 2.75) is 89.8 Å². The SMILES string of the molecule is CCN=C1C=CC(=NC2CCC(NC3CCC(CC)CC3)CC2)C=C1. The van der Waals surface area contributed by atoms with Crippen LogP contribution in [0.25, 0.3) is 0 Å². The van der Waals surface area contributed by atoms with Crippen LogP contribution in [0.4, 0.5) is 0 Å². The van der Waals surface area contributed by atoms with Crippen LogP contribution >= 0.6 is 0 Å². The number of nitrogens with zero attached hydrogens (tertiary/aromatic N) is 2. The summed E-state index contributed by atoms with van der Waals surface area (Å²) in [4.78, 5) is 9.37. The summed E-state index contributed by atoms with van der Waals surface area (Å²) in [5.74, 6) is 0.990. The van der Waals surface area contributed by atoms with Crippen LogP contribution in [0.15, 0.2) is 34.3 Å². The molecule has 0 atom stereocenters. The molecule has 0 spiro atoms. The molecule has 0 radical (unpaired) electrons. The maximum absolute atomic E-state index is 4.95. The number of hydrogen-bond donors (Lipinski definition) is 1. The molecule has 0 bridgehead atoms. The number of allylic oxidation sites excluding steroid dienone is 4. The molecule has 25 heavy (non-hydrogen) atoms. The molecule has 0 aromatic rings. The van der Waals surface area contributed by atoms with Crippen molar-refractivity contribution in [2.24, 2.45) is 15.9 Å². The lowest BCUT2D eigenvalue weighted by molar-refractivity contribution is 0.243. The average Bonchev–Trinajstić information content (AvgIpc) is 2.66. The Labute approximate surface area is 153 Å². The maximum Gasteiger partial charge on any atom is 0.0579 e. The molecule has 0 heterocycles. The van der Waals surface area contributed by atoms with Crippen molar-refractivity contribution in [1.82, 2.24) is 5.32 Å². The van der Waals surface area contributed by atoms with Crippen LogP contribution in [0.3, 0.4) is 0 Å². The van der Waals surface area contributed by atoms with Gasteiger partial charge >= 0.3 is 0 Å². The van der Waals surface area contributed by atoms with Crippen molar-refractivity contribution in [3.05, 3.63) is 24.3 Å². The first-order valence-corrected chi connectivity index (χ1v) is 10.5. The summed E-state index contributed by atoms with van der Waals surface area (Å²) in [6.45, 7) is 5.25. The lowest BCUT2D eigenvalue weighted by Crippen LogP contribution is -2.42. The molecule has 3 nitrogen and oxygen atoms in total. The Bertz CT molecular complexity index is 509. The highest BCUT2D eigenvalue weighted by atomic mass is 15.0. The van der Waals surface area contributed by atoms with Gasteiger partial charge in [0.15, 0.2) is 0 Å². The van der Waals surface area contributed by atoms with Crippen LogP contribution in [0, 0.1) is 5.92 Å². The maximum atomic E-state index is 4.95. The third-order valence-electron chi connectivity index (χ3n) is 6.11. The first kappa shape index (κ1) is 18.6. The largest absolute Gasteiger partial charge is 0.311 e. The molecular formula is C22H35N3. The van der Waals surface area contributed by atoms with Gasteiger partial charge in [0.1, 0.15) is 0 Å². The molecule has 0 aromatic heterocycles. The third kappa shape index (κ3) is 5.64. The molecule has 0 unspecified atom stereocenters. The fraction of sp³-hybridized carbons (Fsp3) is 0.727. The van der Waals surface area contributed by atoms with Gasteiger partial charge in [-0.15, -0.1) is 0 Å². The molecule has 2 saturated carbocycles. The Morgan fingerprint density at radius 3 is 1.92 bits per heavy atom. The fourth-order valence-electron chi connectivity index (χ4n) is 4.48. The first-order chi connectivity index (χ1) is 12.3. The standard InChI is InChI=1S/C22H35N3/c1-3-17-5-7-19(8-6-17)24-21-13-15-22(16-14-21)25-20-11-9-18(10-12-20)23-4-2/h9-12,17,19,21-22,24H,3-8,13-16H2,1-2H3. The van der Waals surface area contributed by atoms with E-state index in [0.29, 0.717) is 6.04 Å². The minimum absolute atomic E-state index is 0.503. The van der Waals surface area contributed by atoms with E-state index in [1.54, 1.807) is 0 Å². The monoisotopic (exact) mass is 341 g/mol. The van der Waals surface area contributed by atoms with Crippen molar-refractivity contribution >= 4 is 11.4 Å². The first-order valence-electron chi connectivity index (χ1n) is 10.5. The van der Waals surface area contributed by atoms with E-state index in [-0.39, 0.29) is 0 Å².